The number of anilines is 1. The van der Waals surface area contributed by atoms with Crippen LogP contribution in [0.2, 0.25) is 0 Å². The molecule has 0 saturated heterocycles. The standard InChI is InChI=1S/C22H20FNO4S/c1-3-24(29(27,28)20-13-4-15(2)21(14-20)22(25)26)19-11-7-17(8-12-19)16-5-9-18(23)10-6-16/h4-14H,3H2,1-2H3,(H,25,26). The first-order valence-electron chi connectivity index (χ1n) is 8.96. The molecular weight excluding hydrogens is 393 g/mol. The van der Waals surface area contributed by atoms with Crippen LogP contribution in [0.3, 0.4) is 0 Å². The number of carboxylic acids is 1. The molecule has 0 unspecified atom stereocenters. The quantitative estimate of drug-likeness (QED) is 0.635. The van der Waals surface area contributed by atoms with E-state index in [-0.39, 0.29) is 22.8 Å². The Bertz CT molecular complexity index is 1140. The molecule has 0 amide bonds. The Hall–Kier alpha value is -3.19. The van der Waals surface area contributed by atoms with Crippen LogP contribution in [0.15, 0.2) is 71.6 Å². The number of hydrogen-bond acceptors (Lipinski definition) is 3. The number of nitrogens with zero attached hydrogens (tertiary/aromatic N) is 1. The van der Waals surface area contributed by atoms with Crippen LogP contribution >= 0.6 is 0 Å². The van der Waals surface area contributed by atoms with E-state index in [2.05, 4.69) is 0 Å². The van der Waals surface area contributed by atoms with E-state index >= 15 is 0 Å². The number of carbonyl (C=O) groups is 1. The molecule has 0 aliphatic carbocycles. The van der Waals surface area contributed by atoms with Crippen molar-refractivity contribution in [3.8, 4) is 11.1 Å². The van der Waals surface area contributed by atoms with Gasteiger partial charge in [0.1, 0.15) is 5.82 Å². The van der Waals surface area contributed by atoms with Crippen LogP contribution in [-0.4, -0.2) is 26.0 Å². The predicted octanol–water partition coefficient (Wildman–Crippen LogP) is 4.71. The molecule has 0 aromatic heterocycles. The second-order valence-corrected chi connectivity index (χ2v) is 8.37. The van der Waals surface area contributed by atoms with E-state index in [0.717, 1.165) is 11.1 Å². The molecule has 3 rings (SSSR count). The molecule has 1 N–H and O–H groups in total. The second kappa shape index (κ2) is 8.05. The highest BCUT2D eigenvalue weighted by Gasteiger charge is 2.25. The van der Waals surface area contributed by atoms with Gasteiger partial charge < -0.3 is 5.11 Å². The Morgan fingerprint density at radius 2 is 1.52 bits per heavy atom. The zero-order valence-corrected chi connectivity index (χ0v) is 16.8. The molecular formula is C22H20FNO4S. The summed E-state index contributed by atoms with van der Waals surface area (Å²) in [4.78, 5) is 11.3. The number of benzene rings is 3. The van der Waals surface area contributed by atoms with Crippen LogP contribution in [0, 0.1) is 12.7 Å². The van der Waals surface area contributed by atoms with Gasteiger partial charge in [-0.2, -0.15) is 0 Å². The Morgan fingerprint density at radius 3 is 2.03 bits per heavy atom. The minimum absolute atomic E-state index is 0.0474. The van der Waals surface area contributed by atoms with Gasteiger partial charge in [-0.25, -0.2) is 17.6 Å². The Balaban J connectivity index is 1.97. The Kier molecular flexibility index (Phi) is 5.70. The van der Waals surface area contributed by atoms with Crippen molar-refractivity contribution in [3.05, 3.63) is 83.7 Å². The number of aryl methyl sites for hydroxylation is 1. The minimum Gasteiger partial charge on any atom is -0.478 e. The lowest BCUT2D eigenvalue weighted by atomic mass is 10.1. The van der Waals surface area contributed by atoms with Crippen molar-refractivity contribution in [1.82, 2.24) is 0 Å². The van der Waals surface area contributed by atoms with Crippen molar-refractivity contribution < 1.29 is 22.7 Å². The molecule has 3 aromatic rings. The molecule has 150 valence electrons. The fraction of sp³-hybridized carbons (Fsp3) is 0.136. The summed E-state index contributed by atoms with van der Waals surface area (Å²) in [6.45, 7) is 3.50. The summed E-state index contributed by atoms with van der Waals surface area (Å²) in [7, 11) is -3.94. The fourth-order valence-corrected chi connectivity index (χ4v) is 4.57. The molecule has 0 aliphatic rings. The van der Waals surface area contributed by atoms with Crippen molar-refractivity contribution >= 4 is 21.7 Å². The number of hydrogen-bond donors (Lipinski definition) is 1. The van der Waals surface area contributed by atoms with Gasteiger partial charge in [0.15, 0.2) is 0 Å². The molecule has 29 heavy (non-hydrogen) atoms. The van der Waals surface area contributed by atoms with Crippen molar-refractivity contribution in [2.24, 2.45) is 0 Å². The third-order valence-electron chi connectivity index (χ3n) is 4.65. The maximum absolute atomic E-state index is 13.1. The monoisotopic (exact) mass is 413 g/mol. The summed E-state index contributed by atoms with van der Waals surface area (Å²) in [6.07, 6.45) is 0. The molecule has 0 fully saturated rings. The molecule has 0 aliphatic heterocycles. The minimum atomic E-state index is -3.94. The van der Waals surface area contributed by atoms with E-state index in [9.17, 15) is 22.7 Å². The first-order valence-corrected chi connectivity index (χ1v) is 10.4. The largest absolute Gasteiger partial charge is 0.478 e. The highest BCUT2D eigenvalue weighted by atomic mass is 32.2. The van der Waals surface area contributed by atoms with Crippen LogP contribution in [0.25, 0.3) is 11.1 Å². The molecule has 0 bridgehead atoms. The fourth-order valence-electron chi connectivity index (χ4n) is 3.07. The predicted molar refractivity (Wildman–Crippen MR) is 110 cm³/mol. The maximum Gasteiger partial charge on any atom is 0.335 e. The maximum atomic E-state index is 13.1. The van der Waals surface area contributed by atoms with Gasteiger partial charge in [0.2, 0.25) is 0 Å². The number of rotatable bonds is 6. The molecule has 7 heteroatoms. The van der Waals surface area contributed by atoms with Crippen molar-refractivity contribution in [3.63, 3.8) is 0 Å². The lowest BCUT2D eigenvalue weighted by Gasteiger charge is -2.23. The molecule has 3 aromatic carbocycles. The summed E-state index contributed by atoms with van der Waals surface area (Å²) in [5.41, 5.74) is 2.53. The van der Waals surface area contributed by atoms with Gasteiger partial charge >= 0.3 is 5.97 Å². The van der Waals surface area contributed by atoms with Gasteiger partial charge in [-0.3, -0.25) is 4.31 Å². The zero-order valence-electron chi connectivity index (χ0n) is 16.0. The molecule has 0 atom stereocenters. The summed E-state index contributed by atoms with van der Waals surface area (Å²) in [6, 6.07) is 17.0. The van der Waals surface area contributed by atoms with Crippen LogP contribution in [0.1, 0.15) is 22.8 Å². The van der Waals surface area contributed by atoms with Gasteiger partial charge in [0.25, 0.3) is 10.0 Å². The molecule has 0 heterocycles. The van der Waals surface area contributed by atoms with E-state index < -0.39 is 16.0 Å². The Labute approximate surface area is 169 Å². The second-order valence-electron chi connectivity index (χ2n) is 6.51. The normalized spacial score (nSPS) is 11.3. The smallest absolute Gasteiger partial charge is 0.335 e. The van der Waals surface area contributed by atoms with E-state index in [1.54, 1.807) is 50.2 Å². The van der Waals surface area contributed by atoms with Crippen LogP contribution in [-0.2, 0) is 10.0 Å². The highest BCUT2D eigenvalue weighted by Crippen LogP contribution is 2.28. The average molecular weight is 413 g/mol. The van der Waals surface area contributed by atoms with Crippen LogP contribution in [0.4, 0.5) is 10.1 Å². The number of halogens is 1. The van der Waals surface area contributed by atoms with Gasteiger partial charge in [-0.05, 0) is 66.9 Å². The summed E-state index contributed by atoms with van der Waals surface area (Å²) in [5.74, 6) is -1.50. The molecule has 0 spiro atoms. The number of sulfonamides is 1. The van der Waals surface area contributed by atoms with E-state index in [0.29, 0.717) is 11.3 Å². The summed E-state index contributed by atoms with van der Waals surface area (Å²) in [5, 5.41) is 9.29. The first-order chi connectivity index (χ1) is 13.7. The lowest BCUT2D eigenvalue weighted by molar-refractivity contribution is 0.0696. The molecule has 0 radical (unpaired) electrons. The zero-order chi connectivity index (χ0) is 21.2. The van der Waals surface area contributed by atoms with Gasteiger partial charge in [-0.1, -0.05) is 30.3 Å². The SMILES string of the molecule is CCN(c1ccc(-c2ccc(F)cc2)cc1)S(=O)(=O)c1ccc(C)c(C(=O)O)c1. The van der Waals surface area contributed by atoms with E-state index in [4.69, 9.17) is 0 Å². The van der Waals surface area contributed by atoms with Gasteiger partial charge in [0, 0.05) is 6.54 Å². The highest BCUT2D eigenvalue weighted by molar-refractivity contribution is 7.92. The van der Waals surface area contributed by atoms with E-state index in [1.807, 2.05) is 0 Å². The Morgan fingerprint density at radius 1 is 0.966 bits per heavy atom. The topological polar surface area (TPSA) is 74.7 Å². The summed E-state index contributed by atoms with van der Waals surface area (Å²) >= 11 is 0. The molecule has 5 nitrogen and oxygen atoms in total. The summed E-state index contributed by atoms with van der Waals surface area (Å²) < 4.78 is 40.6. The third-order valence-corrected chi connectivity index (χ3v) is 6.55. The number of aromatic carboxylic acids is 1. The molecule has 0 saturated carbocycles. The van der Waals surface area contributed by atoms with Crippen molar-refractivity contribution in [2.45, 2.75) is 18.7 Å². The first kappa shape index (κ1) is 20.5. The average Bonchev–Trinajstić information content (AvgIpc) is 2.69. The lowest BCUT2D eigenvalue weighted by Crippen LogP contribution is -2.31. The van der Waals surface area contributed by atoms with Crippen LogP contribution < -0.4 is 4.31 Å². The third kappa shape index (κ3) is 4.14. The van der Waals surface area contributed by atoms with Gasteiger partial charge in [-0.15, -0.1) is 0 Å². The number of carboxylic acid groups (broad SMARTS) is 1. The van der Waals surface area contributed by atoms with E-state index in [1.165, 1.54) is 34.6 Å². The van der Waals surface area contributed by atoms with Gasteiger partial charge in [0.05, 0.1) is 16.1 Å². The van der Waals surface area contributed by atoms with Crippen molar-refractivity contribution in [2.75, 3.05) is 10.8 Å². The van der Waals surface area contributed by atoms with Crippen LogP contribution in [0.5, 0.6) is 0 Å². The van der Waals surface area contributed by atoms with Crippen molar-refractivity contribution in [1.29, 1.82) is 0 Å².